The molecule has 1 unspecified atom stereocenters. The Morgan fingerprint density at radius 2 is 1.91 bits per heavy atom. The molecule has 1 aliphatic heterocycles. The second kappa shape index (κ2) is 11.0. The molecule has 1 aromatic carbocycles. The van der Waals surface area contributed by atoms with E-state index in [2.05, 4.69) is 16.0 Å². The van der Waals surface area contributed by atoms with E-state index >= 15 is 0 Å². The second-order valence-corrected chi connectivity index (χ2v) is 9.19. The number of nitrogens with zero attached hydrogens (tertiary/aromatic N) is 1. The van der Waals surface area contributed by atoms with E-state index in [9.17, 15) is 19.2 Å². The highest BCUT2D eigenvalue weighted by molar-refractivity contribution is 5.91. The minimum Gasteiger partial charge on any atom is -0.444 e. The van der Waals surface area contributed by atoms with Gasteiger partial charge in [-0.2, -0.15) is 0 Å². The molecule has 0 bridgehead atoms. The summed E-state index contributed by atoms with van der Waals surface area (Å²) in [6.07, 6.45) is -0.233. The van der Waals surface area contributed by atoms with E-state index < -0.39 is 11.7 Å². The van der Waals surface area contributed by atoms with Crippen molar-refractivity contribution in [2.75, 3.05) is 18.4 Å². The van der Waals surface area contributed by atoms with Crippen molar-refractivity contribution >= 4 is 29.5 Å². The third-order valence-corrected chi connectivity index (χ3v) is 4.85. The largest absolute Gasteiger partial charge is 0.444 e. The van der Waals surface area contributed by atoms with Gasteiger partial charge in [-0.1, -0.05) is 12.1 Å². The quantitative estimate of drug-likeness (QED) is 0.567. The van der Waals surface area contributed by atoms with Crippen LogP contribution in [0.15, 0.2) is 24.3 Å². The average Bonchev–Trinajstić information content (AvgIpc) is 3.07. The lowest BCUT2D eigenvalue weighted by atomic mass is 10.1. The molecule has 1 atom stereocenters. The van der Waals surface area contributed by atoms with Gasteiger partial charge in [-0.05, 0) is 52.3 Å². The number of rotatable bonds is 8. The maximum absolute atomic E-state index is 12.5. The van der Waals surface area contributed by atoms with Crippen molar-refractivity contribution in [1.29, 1.82) is 0 Å². The molecule has 0 aromatic heterocycles. The topological polar surface area (TPSA) is 117 Å². The number of alkyl carbamates (subject to hydrolysis) is 1. The number of hydrogen-bond acceptors (Lipinski definition) is 5. The summed E-state index contributed by atoms with van der Waals surface area (Å²) in [5, 5.41) is 8.19. The second-order valence-electron chi connectivity index (χ2n) is 9.19. The molecule has 1 fully saturated rings. The van der Waals surface area contributed by atoms with Crippen LogP contribution in [0.5, 0.6) is 0 Å². The molecule has 1 heterocycles. The molecule has 1 aliphatic rings. The summed E-state index contributed by atoms with van der Waals surface area (Å²) in [4.78, 5) is 49.9. The van der Waals surface area contributed by atoms with Gasteiger partial charge < -0.3 is 25.6 Å². The molecule has 0 radical (unpaired) electrons. The van der Waals surface area contributed by atoms with Crippen molar-refractivity contribution in [3.63, 3.8) is 0 Å². The van der Waals surface area contributed by atoms with E-state index in [-0.39, 0.29) is 49.1 Å². The van der Waals surface area contributed by atoms with Gasteiger partial charge in [-0.25, -0.2) is 4.79 Å². The molecule has 0 aliphatic carbocycles. The molecule has 9 heteroatoms. The van der Waals surface area contributed by atoms with Crippen LogP contribution in [-0.4, -0.2) is 53.4 Å². The van der Waals surface area contributed by atoms with Crippen molar-refractivity contribution < 1.29 is 23.9 Å². The number of amides is 4. The van der Waals surface area contributed by atoms with E-state index in [0.29, 0.717) is 18.8 Å². The van der Waals surface area contributed by atoms with E-state index in [0.717, 1.165) is 5.56 Å². The standard InChI is InChI=1S/C23H34N4O5/c1-15(2)27-14-17(12-20(27)29)21(30)25-13-16-7-6-8-18(11-16)26-19(28)9-10-24-22(31)32-23(3,4)5/h6-8,11,15,17H,9-10,12-14H2,1-5H3,(H,24,31)(H,25,30)(H,26,28). The summed E-state index contributed by atoms with van der Waals surface area (Å²) in [5.74, 6) is -0.735. The summed E-state index contributed by atoms with van der Waals surface area (Å²) in [7, 11) is 0. The zero-order valence-corrected chi connectivity index (χ0v) is 19.5. The number of likely N-dealkylation sites (tertiary alicyclic amines) is 1. The molecule has 32 heavy (non-hydrogen) atoms. The van der Waals surface area contributed by atoms with Crippen LogP contribution in [0, 0.1) is 5.92 Å². The third kappa shape index (κ3) is 8.20. The van der Waals surface area contributed by atoms with Crippen molar-refractivity contribution in [1.82, 2.24) is 15.5 Å². The molecular formula is C23H34N4O5. The van der Waals surface area contributed by atoms with E-state index in [1.165, 1.54) is 0 Å². The maximum atomic E-state index is 12.5. The van der Waals surface area contributed by atoms with Crippen LogP contribution in [0.3, 0.4) is 0 Å². The van der Waals surface area contributed by atoms with Gasteiger partial charge in [0, 0.05) is 44.2 Å². The Kier molecular flexibility index (Phi) is 8.63. The van der Waals surface area contributed by atoms with Crippen LogP contribution in [0.25, 0.3) is 0 Å². The highest BCUT2D eigenvalue weighted by Gasteiger charge is 2.35. The number of hydrogen-bond donors (Lipinski definition) is 3. The van der Waals surface area contributed by atoms with Gasteiger partial charge in [0.15, 0.2) is 0 Å². The van der Waals surface area contributed by atoms with Crippen LogP contribution in [0.2, 0.25) is 0 Å². The normalized spacial score (nSPS) is 16.1. The SMILES string of the molecule is CC(C)N1CC(C(=O)NCc2cccc(NC(=O)CCNC(=O)OC(C)(C)C)c2)CC1=O. The number of anilines is 1. The van der Waals surface area contributed by atoms with Crippen LogP contribution in [0.4, 0.5) is 10.5 Å². The van der Waals surface area contributed by atoms with Crippen LogP contribution in [0.1, 0.15) is 53.0 Å². The fourth-order valence-corrected chi connectivity index (χ4v) is 3.31. The van der Waals surface area contributed by atoms with Crippen molar-refractivity contribution in [2.24, 2.45) is 5.92 Å². The zero-order valence-electron chi connectivity index (χ0n) is 19.5. The smallest absolute Gasteiger partial charge is 0.407 e. The molecule has 4 amide bonds. The Morgan fingerprint density at radius 3 is 2.53 bits per heavy atom. The predicted octanol–water partition coefficient (Wildman–Crippen LogP) is 2.41. The number of carbonyl (C=O) groups is 4. The van der Waals surface area contributed by atoms with E-state index in [1.807, 2.05) is 19.9 Å². The molecule has 1 saturated heterocycles. The van der Waals surface area contributed by atoms with Gasteiger partial charge >= 0.3 is 6.09 Å². The van der Waals surface area contributed by atoms with Gasteiger partial charge in [-0.15, -0.1) is 0 Å². The monoisotopic (exact) mass is 446 g/mol. The van der Waals surface area contributed by atoms with Gasteiger partial charge in [0.05, 0.1) is 5.92 Å². The number of nitrogens with one attached hydrogen (secondary N) is 3. The number of benzene rings is 1. The lowest BCUT2D eigenvalue weighted by molar-refractivity contribution is -0.130. The molecule has 2 rings (SSSR count). The first-order valence-corrected chi connectivity index (χ1v) is 10.9. The molecular weight excluding hydrogens is 412 g/mol. The first-order chi connectivity index (χ1) is 14.9. The molecule has 3 N–H and O–H groups in total. The number of ether oxygens (including phenoxy) is 1. The van der Waals surface area contributed by atoms with Crippen molar-refractivity contribution in [3.8, 4) is 0 Å². The molecule has 9 nitrogen and oxygen atoms in total. The van der Waals surface area contributed by atoms with Crippen LogP contribution < -0.4 is 16.0 Å². The minimum atomic E-state index is -0.594. The summed E-state index contributed by atoms with van der Waals surface area (Å²) >= 11 is 0. The first-order valence-electron chi connectivity index (χ1n) is 10.9. The van der Waals surface area contributed by atoms with Gasteiger partial charge in [0.25, 0.3) is 0 Å². The highest BCUT2D eigenvalue weighted by atomic mass is 16.6. The van der Waals surface area contributed by atoms with Crippen LogP contribution in [-0.2, 0) is 25.7 Å². The average molecular weight is 447 g/mol. The summed E-state index contributed by atoms with van der Waals surface area (Å²) in [6.45, 7) is 10.1. The van der Waals surface area contributed by atoms with Crippen molar-refractivity contribution in [2.45, 2.75) is 65.6 Å². The minimum absolute atomic E-state index is 0.00557. The Bertz CT molecular complexity index is 847. The van der Waals surface area contributed by atoms with Gasteiger partial charge in [0.1, 0.15) is 5.60 Å². The Labute approximate surface area is 189 Å². The fraction of sp³-hybridized carbons (Fsp3) is 0.565. The molecule has 176 valence electrons. The summed E-state index contributed by atoms with van der Waals surface area (Å²) in [6, 6.07) is 7.25. The lowest BCUT2D eigenvalue weighted by Crippen LogP contribution is -2.35. The summed E-state index contributed by atoms with van der Waals surface area (Å²) in [5.41, 5.74) is 0.831. The van der Waals surface area contributed by atoms with Gasteiger partial charge in [-0.3, -0.25) is 14.4 Å². The molecule has 0 saturated carbocycles. The zero-order chi connectivity index (χ0) is 23.9. The highest BCUT2D eigenvalue weighted by Crippen LogP contribution is 2.20. The lowest BCUT2D eigenvalue weighted by Gasteiger charge is -2.20. The predicted molar refractivity (Wildman–Crippen MR) is 121 cm³/mol. The maximum Gasteiger partial charge on any atom is 0.407 e. The molecule has 1 aromatic rings. The first kappa shape index (κ1) is 25.2. The number of carbonyl (C=O) groups excluding carboxylic acids is 4. The molecule has 0 spiro atoms. The summed E-state index contributed by atoms with van der Waals surface area (Å²) < 4.78 is 5.12. The van der Waals surface area contributed by atoms with Gasteiger partial charge in [0.2, 0.25) is 17.7 Å². The Hall–Kier alpha value is -3.10. The van der Waals surface area contributed by atoms with E-state index in [1.54, 1.807) is 43.9 Å². The fourth-order valence-electron chi connectivity index (χ4n) is 3.31. The third-order valence-electron chi connectivity index (χ3n) is 4.85. The Balaban J connectivity index is 1.77. The van der Waals surface area contributed by atoms with Crippen LogP contribution >= 0.6 is 0 Å². The van der Waals surface area contributed by atoms with Crippen molar-refractivity contribution in [3.05, 3.63) is 29.8 Å². The Morgan fingerprint density at radius 1 is 1.19 bits per heavy atom. The van der Waals surface area contributed by atoms with E-state index in [4.69, 9.17) is 4.74 Å².